The third kappa shape index (κ3) is 3.78. The highest BCUT2D eigenvalue weighted by molar-refractivity contribution is 5.89. The minimum atomic E-state index is -0.381. The van der Waals surface area contributed by atoms with Gasteiger partial charge >= 0.3 is 0 Å². The van der Waals surface area contributed by atoms with Crippen LogP contribution < -0.4 is 4.90 Å². The van der Waals surface area contributed by atoms with Gasteiger partial charge in [0, 0.05) is 32.4 Å². The van der Waals surface area contributed by atoms with Crippen molar-refractivity contribution in [1.82, 2.24) is 24.8 Å². The van der Waals surface area contributed by atoms with Crippen molar-refractivity contribution >= 4 is 16.7 Å². The van der Waals surface area contributed by atoms with Crippen molar-refractivity contribution in [2.24, 2.45) is 0 Å². The highest BCUT2D eigenvalue weighted by atomic mass is 16.3. The molecule has 0 bridgehead atoms. The van der Waals surface area contributed by atoms with Gasteiger partial charge in [-0.1, -0.05) is 6.07 Å². The van der Waals surface area contributed by atoms with Crippen molar-refractivity contribution in [1.29, 1.82) is 0 Å². The van der Waals surface area contributed by atoms with Crippen molar-refractivity contribution in [2.75, 3.05) is 45.2 Å². The number of aryl methyl sites for hydroxylation is 1. The molecule has 4 heterocycles. The number of hydrogen-bond acceptors (Lipinski definition) is 6. The van der Waals surface area contributed by atoms with Gasteiger partial charge in [0.1, 0.15) is 11.3 Å². The van der Waals surface area contributed by atoms with Crippen LogP contribution in [0.25, 0.3) is 11.0 Å². The SMILES string of the molecule is Cc1ccnc([C@@H]2CC(O)C[C@H](c3nc4c(N5CCN(C)CC5)cccc4[nH]3)N2C)c1C. The number of aromatic amines is 1. The maximum Gasteiger partial charge on any atom is 0.124 e. The number of piperazine rings is 1. The molecular formula is C25H34N6O. The number of aromatic nitrogens is 3. The average molecular weight is 435 g/mol. The Balaban J connectivity index is 1.49. The number of benzene rings is 1. The number of piperidine rings is 1. The predicted octanol–water partition coefficient (Wildman–Crippen LogP) is 3.20. The van der Waals surface area contributed by atoms with Gasteiger partial charge in [0.25, 0.3) is 0 Å². The van der Waals surface area contributed by atoms with Crippen molar-refractivity contribution in [3.8, 4) is 0 Å². The molecule has 2 aliphatic heterocycles. The summed E-state index contributed by atoms with van der Waals surface area (Å²) in [5, 5.41) is 10.8. The molecule has 2 N–H and O–H groups in total. The van der Waals surface area contributed by atoms with Gasteiger partial charge in [-0.3, -0.25) is 9.88 Å². The first-order valence-corrected chi connectivity index (χ1v) is 11.7. The number of imidazole rings is 1. The molecule has 0 aliphatic carbocycles. The Hall–Kier alpha value is -2.48. The number of likely N-dealkylation sites (tertiary alicyclic amines) is 1. The summed E-state index contributed by atoms with van der Waals surface area (Å²) in [4.78, 5) is 20.5. The lowest BCUT2D eigenvalue weighted by Crippen LogP contribution is -2.44. The third-order valence-electron chi connectivity index (χ3n) is 7.47. The summed E-state index contributed by atoms with van der Waals surface area (Å²) < 4.78 is 0. The number of fused-ring (bicyclic) bond motifs is 1. The largest absolute Gasteiger partial charge is 0.393 e. The zero-order valence-electron chi connectivity index (χ0n) is 19.5. The number of anilines is 1. The molecule has 1 unspecified atom stereocenters. The van der Waals surface area contributed by atoms with E-state index in [2.05, 4.69) is 71.9 Å². The Morgan fingerprint density at radius 3 is 2.53 bits per heavy atom. The molecule has 7 nitrogen and oxygen atoms in total. The molecule has 2 aromatic heterocycles. The van der Waals surface area contributed by atoms with Gasteiger partial charge in [-0.2, -0.15) is 0 Å². The topological polar surface area (TPSA) is 71.5 Å². The number of hydrogen-bond donors (Lipinski definition) is 2. The fourth-order valence-corrected chi connectivity index (χ4v) is 5.26. The Kier molecular flexibility index (Phi) is 5.65. The van der Waals surface area contributed by atoms with Crippen LogP contribution in [0, 0.1) is 13.8 Å². The van der Waals surface area contributed by atoms with Gasteiger partial charge in [-0.05, 0) is 70.1 Å². The minimum absolute atomic E-state index is 0.0122. The van der Waals surface area contributed by atoms with E-state index < -0.39 is 0 Å². The smallest absolute Gasteiger partial charge is 0.124 e. The number of nitrogens with one attached hydrogen (secondary N) is 1. The molecule has 0 radical (unpaired) electrons. The molecule has 170 valence electrons. The molecule has 0 saturated carbocycles. The molecule has 3 aromatic rings. The standard InChI is InChI=1S/C25H34N6O/c1-16-8-9-26-23(17(16)2)21-14-18(32)15-22(30(21)4)25-27-19-6-5-7-20(24(19)28-25)31-12-10-29(3)11-13-31/h5-9,18,21-22,32H,10-15H2,1-4H3,(H,27,28)/t18?,21-,22+/m0/s1. The number of likely N-dealkylation sites (N-methyl/N-ethyl adjacent to an activating group) is 1. The van der Waals surface area contributed by atoms with E-state index in [-0.39, 0.29) is 18.2 Å². The van der Waals surface area contributed by atoms with Gasteiger partial charge in [0.2, 0.25) is 0 Å². The number of rotatable bonds is 3. The van der Waals surface area contributed by atoms with Crippen molar-refractivity contribution in [3.63, 3.8) is 0 Å². The Labute approximate surface area is 190 Å². The van der Waals surface area contributed by atoms with Gasteiger partial charge in [-0.25, -0.2) is 4.98 Å². The molecule has 0 amide bonds. The number of aliphatic hydroxyl groups is 1. The molecular weight excluding hydrogens is 400 g/mol. The summed E-state index contributed by atoms with van der Waals surface area (Å²) in [6.45, 7) is 8.41. The summed E-state index contributed by atoms with van der Waals surface area (Å²) in [5.41, 5.74) is 6.79. The van der Waals surface area contributed by atoms with E-state index in [1.54, 1.807) is 0 Å². The van der Waals surface area contributed by atoms with Crippen LogP contribution in [-0.2, 0) is 0 Å². The van der Waals surface area contributed by atoms with Crippen molar-refractivity contribution < 1.29 is 5.11 Å². The van der Waals surface area contributed by atoms with Crippen LogP contribution in [0.3, 0.4) is 0 Å². The lowest BCUT2D eigenvalue weighted by molar-refractivity contribution is 0.00960. The molecule has 1 aromatic carbocycles. The van der Waals surface area contributed by atoms with Crippen molar-refractivity contribution in [2.45, 2.75) is 44.9 Å². The third-order valence-corrected chi connectivity index (χ3v) is 7.47. The second-order valence-corrected chi connectivity index (χ2v) is 9.55. The molecule has 7 heteroatoms. The monoisotopic (exact) mass is 434 g/mol. The van der Waals surface area contributed by atoms with E-state index in [1.807, 2.05) is 6.20 Å². The fraction of sp³-hybridized carbons (Fsp3) is 0.520. The minimum Gasteiger partial charge on any atom is -0.393 e. The molecule has 0 spiro atoms. The lowest BCUT2D eigenvalue weighted by atomic mass is 9.89. The van der Waals surface area contributed by atoms with Crippen LogP contribution in [-0.4, -0.2) is 76.2 Å². The molecule has 32 heavy (non-hydrogen) atoms. The van der Waals surface area contributed by atoms with E-state index >= 15 is 0 Å². The first-order valence-electron chi connectivity index (χ1n) is 11.7. The molecule has 3 atom stereocenters. The molecule has 2 aliphatic rings. The Morgan fingerprint density at radius 2 is 1.75 bits per heavy atom. The maximum absolute atomic E-state index is 10.8. The number of nitrogens with zero attached hydrogens (tertiary/aromatic N) is 5. The quantitative estimate of drug-likeness (QED) is 0.660. The fourth-order valence-electron chi connectivity index (χ4n) is 5.26. The highest BCUT2D eigenvalue weighted by Crippen LogP contribution is 2.41. The lowest BCUT2D eigenvalue weighted by Gasteiger charge is -2.41. The molecule has 2 saturated heterocycles. The summed E-state index contributed by atoms with van der Waals surface area (Å²) in [6.07, 6.45) is 2.86. The van der Waals surface area contributed by atoms with Crippen LogP contribution in [0.1, 0.15) is 47.6 Å². The van der Waals surface area contributed by atoms with Gasteiger partial charge < -0.3 is 19.9 Å². The van der Waals surface area contributed by atoms with E-state index in [1.165, 1.54) is 16.8 Å². The van der Waals surface area contributed by atoms with Crippen LogP contribution in [0.2, 0.25) is 0 Å². The second kappa shape index (κ2) is 8.46. The summed E-state index contributed by atoms with van der Waals surface area (Å²) in [5.74, 6) is 0.929. The van der Waals surface area contributed by atoms with Crippen LogP contribution in [0.5, 0.6) is 0 Å². The average Bonchev–Trinajstić information content (AvgIpc) is 3.22. The number of pyridine rings is 1. The van der Waals surface area contributed by atoms with Gasteiger partial charge in [0.15, 0.2) is 0 Å². The number of H-pyrrole nitrogens is 1. The Morgan fingerprint density at radius 1 is 1.00 bits per heavy atom. The summed E-state index contributed by atoms with van der Waals surface area (Å²) in [6, 6.07) is 8.52. The van der Waals surface area contributed by atoms with Crippen LogP contribution >= 0.6 is 0 Å². The van der Waals surface area contributed by atoms with E-state index in [9.17, 15) is 5.11 Å². The first kappa shape index (κ1) is 21.4. The zero-order valence-corrected chi connectivity index (χ0v) is 19.5. The zero-order chi connectivity index (χ0) is 22.4. The van der Waals surface area contributed by atoms with E-state index in [0.29, 0.717) is 12.8 Å². The molecule has 5 rings (SSSR count). The normalized spacial score (nSPS) is 25.5. The van der Waals surface area contributed by atoms with E-state index in [4.69, 9.17) is 9.97 Å². The van der Waals surface area contributed by atoms with Crippen LogP contribution in [0.4, 0.5) is 5.69 Å². The van der Waals surface area contributed by atoms with E-state index in [0.717, 1.165) is 48.7 Å². The van der Waals surface area contributed by atoms with Gasteiger partial charge in [-0.15, -0.1) is 0 Å². The maximum atomic E-state index is 10.8. The molecule has 2 fully saturated rings. The van der Waals surface area contributed by atoms with Gasteiger partial charge in [0.05, 0.1) is 35.1 Å². The highest BCUT2D eigenvalue weighted by Gasteiger charge is 2.37. The Bertz CT molecular complexity index is 1100. The second-order valence-electron chi connectivity index (χ2n) is 9.55. The number of aliphatic hydroxyl groups excluding tert-OH is 1. The predicted molar refractivity (Wildman–Crippen MR) is 128 cm³/mol. The first-order chi connectivity index (χ1) is 15.4. The summed E-state index contributed by atoms with van der Waals surface area (Å²) >= 11 is 0. The summed E-state index contributed by atoms with van der Waals surface area (Å²) in [7, 11) is 4.31. The van der Waals surface area contributed by atoms with Crippen LogP contribution in [0.15, 0.2) is 30.5 Å². The number of para-hydroxylation sites is 1. The van der Waals surface area contributed by atoms with Crippen molar-refractivity contribution in [3.05, 3.63) is 53.1 Å².